The second-order valence-corrected chi connectivity index (χ2v) is 4.05. The highest BCUT2D eigenvalue weighted by molar-refractivity contribution is 9.10. The molecule has 0 saturated heterocycles. The molecule has 2 nitrogen and oxygen atoms in total. The Hall–Kier alpha value is -0.785. The number of rotatable bonds is 3. The molecule has 0 atom stereocenters. The summed E-state index contributed by atoms with van der Waals surface area (Å²) in [5.41, 5.74) is 0. The fraction of sp³-hybridized carbons (Fsp3) is 0.250. The Morgan fingerprint density at radius 3 is 2.06 bits per heavy atom. The lowest BCUT2D eigenvalue weighted by atomic mass is 9.52. The normalized spacial score (nSPS) is 12.3. The maximum atomic E-state index is 13.6. The maximum absolute atomic E-state index is 13.6. The molecule has 0 aliphatic heterocycles. The summed E-state index contributed by atoms with van der Waals surface area (Å²) in [6.07, 6.45) is -5.04. The Balaban J connectivity index is 3.15. The fourth-order valence-electron chi connectivity index (χ4n) is 0.988. The average Bonchev–Trinajstić information content (AvgIpc) is 2.14. The van der Waals surface area contributed by atoms with Gasteiger partial charge in [-0.1, -0.05) is 0 Å². The monoisotopic (exact) mass is 318 g/mol. The smallest absolute Gasteiger partial charge is 0.512 e. The molecule has 90 valence electrons. The van der Waals surface area contributed by atoms with E-state index in [9.17, 15) is 17.6 Å². The number of benzene rings is 1. The minimum atomic E-state index is -5.04. The van der Waals surface area contributed by atoms with Gasteiger partial charge in [0, 0.05) is 0 Å². The van der Waals surface area contributed by atoms with Crippen molar-refractivity contribution in [3.8, 4) is 11.5 Å². The summed E-state index contributed by atoms with van der Waals surface area (Å²) in [7, 11) is 15.2. The van der Waals surface area contributed by atoms with Gasteiger partial charge >= 0.3 is 6.36 Å². The second-order valence-electron chi connectivity index (χ2n) is 3.19. The molecule has 0 spiro atoms. The van der Waals surface area contributed by atoms with Crippen LogP contribution in [-0.4, -0.2) is 35.2 Å². The van der Waals surface area contributed by atoms with Crippen LogP contribution >= 0.6 is 15.9 Å². The fourth-order valence-corrected chi connectivity index (χ4v) is 1.38. The van der Waals surface area contributed by atoms with Gasteiger partial charge in [-0.2, -0.15) is 4.39 Å². The molecule has 18 heavy (non-hydrogen) atoms. The second kappa shape index (κ2) is 5.07. The summed E-state index contributed by atoms with van der Waals surface area (Å²) < 4.78 is 57.6. The van der Waals surface area contributed by atoms with Crippen LogP contribution in [0.5, 0.6) is 11.5 Å². The quantitative estimate of drug-likeness (QED) is 0.627. The molecule has 0 bridgehead atoms. The predicted octanol–water partition coefficient (Wildman–Crippen LogP) is 1.98. The first-order valence-electron chi connectivity index (χ1n) is 4.29. The van der Waals surface area contributed by atoms with Gasteiger partial charge in [0.2, 0.25) is 5.82 Å². The predicted molar refractivity (Wildman–Crippen MR) is 61.4 cm³/mol. The highest BCUT2D eigenvalue weighted by atomic mass is 79.9. The molecule has 0 fully saturated rings. The Morgan fingerprint density at radius 1 is 1.06 bits per heavy atom. The van der Waals surface area contributed by atoms with Crippen molar-refractivity contribution in [2.24, 2.45) is 0 Å². The molecule has 0 aliphatic rings. The van der Waals surface area contributed by atoms with E-state index in [1.807, 2.05) is 0 Å². The zero-order chi connectivity index (χ0) is 14.1. The van der Waals surface area contributed by atoms with Crippen molar-refractivity contribution >= 4 is 39.5 Å². The summed E-state index contributed by atoms with van der Waals surface area (Å²) in [6, 6.07) is 1.82. The van der Waals surface area contributed by atoms with E-state index in [-0.39, 0.29) is 4.47 Å². The Morgan fingerprint density at radius 2 is 1.61 bits per heavy atom. The van der Waals surface area contributed by atoms with E-state index in [1.165, 1.54) is 0 Å². The summed E-state index contributed by atoms with van der Waals surface area (Å²) in [5.74, 6) is -3.22. The minimum absolute atomic E-state index is 0.0275. The number of halogens is 5. The molecule has 0 saturated carbocycles. The average molecular weight is 318 g/mol. The van der Waals surface area contributed by atoms with Crippen molar-refractivity contribution in [2.45, 2.75) is 11.7 Å². The summed E-state index contributed by atoms with van der Waals surface area (Å²) in [4.78, 5) is 0. The molecule has 0 N–H and O–H groups in total. The number of alkyl halides is 3. The van der Waals surface area contributed by atoms with Gasteiger partial charge in [-0.3, -0.25) is 0 Å². The van der Waals surface area contributed by atoms with E-state index in [2.05, 4.69) is 25.4 Å². The van der Waals surface area contributed by atoms with Crippen LogP contribution in [0.3, 0.4) is 0 Å². The molecule has 6 radical (unpaired) electrons. The Kier molecular flexibility index (Phi) is 4.30. The summed E-state index contributed by atoms with van der Waals surface area (Å²) in [6.45, 7) is 0. The molecule has 0 unspecified atom stereocenters. The minimum Gasteiger partial charge on any atom is -0.512 e. The lowest BCUT2D eigenvalue weighted by molar-refractivity contribution is -0.275. The first-order chi connectivity index (χ1) is 7.99. The Bertz CT molecular complexity index is 447. The van der Waals surface area contributed by atoms with Gasteiger partial charge in [0.05, 0.1) is 4.47 Å². The number of ether oxygens (including phenoxy) is 2. The zero-order valence-electron chi connectivity index (χ0n) is 8.59. The largest absolute Gasteiger partial charge is 0.573 e. The first kappa shape index (κ1) is 15.3. The van der Waals surface area contributed by atoms with Crippen LogP contribution in [0.25, 0.3) is 0 Å². The topological polar surface area (TPSA) is 18.5 Å². The SMILES string of the molecule is [B]C([B])([B])Oc1c(Br)ccc(OC(F)(F)F)c1F. The van der Waals surface area contributed by atoms with Gasteiger partial charge in [0.15, 0.2) is 11.5 Å². The van der Waals surface area contributed by atoms with Gasteiger partial charge in [0.1, 0.15) is 23.5 Å². The van der Waals surface area contributed by atoms with E-state index >= 15 is 0 Å². The van der Waals surface area contributed by atoms with Crippen molar-refractivity contribution in [1.29, 1.82) is 0 Å². The standard InChI is InChI=1S/C8H2B3BrF4O2/c9-7(10,11)18-6-3(12)1-2-4(5(6)13)17-8(14,15)16/h1-2H. The number of hydrogen-bond donors (Lipinski definition) is 0. The van der Waals surface area contributed by atoms with Crippen LogP contribution in [0.1, 0.15) is 0 Å². The van der Waals surface area contributed by atoms with E-state index in [0.29, 0.717) is 0 Å². The van der Waals surface area contributed by atoms with Gasteiger partial charge in [0.25, 0.3) is 0 Å². The third kappa shape index (κ3) is 4.47. The van der Waals surface area contributed by atoms with Gasteiger partial charge < -0.3 is 9.47 Å². The molecule has 0 heterocycles. The highest BCUT2D eigenvalue weighted by Gasteiger charge is 2.33. The van der Waals surface area contributed by atoms with E-state index in [1.54, 1.807) is 0 Å². The summed E-state index contributed by atoms with van der Waals surface area (Å²) in [5, 5.41) is -2.25. The maximum Gasteiger partial charge on any atom is 0.573 e. The molecular weight excluding hydrogens is 316 g/mol. The Labute approximate surface area is 112 Å². The molecule has 0 aliphatic carbocycles. The highest BCUT2D eigenvalue weighted by Crippen LogP contribution is 2.37. The van der Waals surface area contributed by atoms with Crippen LogP contribution in [0.2, 0.25) is 0 Å². The van der Waals surface area contributed by atoms with Crippen LogP contribution in [0, 0.1) is 5.82 Å². The zero-order valence-corrected chi connectivity index (χ0v) is 10.2. The van der Waals surface area contributed by atoms with Crippen molar-refractivity contribution in [3.05, 3.63) is 22.4 Å². The third-order valence-corrected chi connectivity index (χ3v) is 2.14. The molecule has 0 amide bonds. The van der Waals surface area contributed by atoms with Crippen LogP contribution < -0.4 is 9.47 Å². The molecule has 0 aromatic heterocycles. The van der Waals surface area contributed by atoms with Gasteiger partial charge in [-0.15, -0.1) is 13.2 Å². The molecule has 1 aromatic rings. The molecule has 10 heteroatoms. The van der Waals surface area contributed by atoms with Crippen LogP contribution in [0.15, 0.2) is 16.6 Å². The van der Waals surface area contributed by atoms with Crippen LogP contribution in [-0.2, 0) is 0 Å². The van der Waals surface area contributed by atoms with Gasteiger partial charge in [-0.25, -0.2) is 0 Å². The van der Waals surface area contributed by atoms with Crippen molar-refractivity contribution < 1.29 is 27.0 Å². The molecular formula is C8H2B3BrF4O2. The third-order valence-electron chi connectivity index (χ3n) is 1.52. The van der Waals surface area contributed by atoms with Crippen LogP contribution in [0.4, 0.5) is 17.6 Å². The van der Waals surface area contributed by atoms with E-state index in [0.717, 1.165) is 12.1 Å². The van der Waals surface area contributed by atoms with Crippen molar-refractivity contribution in [1.82, 2.24) is 0 Å². The molecule has 1 rings (SSSR count). The lowest BCUT2D eigenvalue weighted by Crippen LogP contribution is -2.38. The van der Waals surface area contributed by atoms with Gasteiger partial charge in [-0.05, 0) is 33.4 Å². The number of hydrogen-bond acceptors (Lipinski definition) is 2. The van der Waals surface area contributed by atoms with E-state index in [4.69, 9.17) is 23.5 Å². The van der Waals surface area contributed by atoms with Crippen molar-refractivity contribution in [2.75, 3.05) is 0 Å². The van der Waals surface area contributed by atoms with Crippen molar-refractivity contribution in [3.63, 3.8) is 0 Å². The summed E-state index contributed by atoms with van der Waals surface area (Å²) >= 11 is 2.85. The first-order valence-corrected chi connectivity index (χ1v) is 5.08. The van der Waals surface area contributed by atoms with E-state index < -0.39 is 29.0 Å². The molecule has 1 aromatic carbocycles. The lowest BCUT2D eigenvalue weighted by Gasteiger charge is -2.25.